The molecule has 4 saturated carbocycles. The minimum Gasteiger partial charge on any atom is -0.478 e. The van der Waals surface area contributed by atoms with E-state index in [0.717, 1.165) is 44.6 Å². The molecule has 140 valence electrons. The second-order valence-corrected chi connectivity index (χ2v) is 9.68. The Hall–Kier alpha value is -1.42. The van der Waals surface area contributed by atoms with E-state index in [0.29, 0.717) is 41.8 Å². The molecule has 2 N–H and O–H groups in total. The van der Waals surface area contributed by atoms with Crippen LogP contribution in [0, 0.1) is 40.9 Å². The molecule has 8 atom stereocenters. The first kappa shape index (κ1) is 16.7. The molecule has 0 spiro atoms. The Bertz CT molecular complexity index is 736. The van der Waals surface area contributed by atoms with Crippen molar-refractivity contribution in [1.82, 2.24) is 0 Å². The smallest absolute Gasteiger partial charge is 0.328 e. The number of ketones is 1. The van der Waals surface area contributed by atoms with E-state index in [4.69, 9.17) is 5.11 Å². The molecule has 0 bridgehead atoms. The number of hydrogen-bond acceptors (Lipinski definition) is 3. The lowest BCUT2D eigenvalue weighted by Gasteiger charge is -2.56. The second kappa shape index (κ2) is 5.31. The number of hydrogen-bond donors (Lipinski definition) is 2. The fourth-order valence-corrected chi connectivity index (χ4v) is 7.74. The summed E-state index contributed by atoms with van der Waals surface area (Å²) in [7, 11) is 0. The number of aliphatic carboxylic acids is 1. The van der Waals surface area contributed by atoms with E-state index in [-0.39, 0.29) is 11.3 Å². The minimum absolute atomic E-state index is 0.209. The highest BCUT2D eigenvalue weighted by molar-refractivity contribution is 5.91. The molecule has 5 rings (SSSR count). The highest BCUT2D eigenvalue weighted by Crippen LogP contribution is 2.76. The topological polar surface area (TPSA) is 74.6 Å². The molecule has 0 aromatic rings. The van der Waals surface area contributed by atoms with E-state index in [1.165, 1.54) is 5.57 Å². The Morgan fingerprint density at radius 1 is 1.19 bits per heavy atom. The summed E-state index contributed by atoms with van der Waals surface area (Å²) in [6.45, 7) is 2.21. The largest absolute Gasteiger partial charge is 0.478 e. The quantitative estimate of drug-likeness (QED) is 0.744. The fraction of sp³-hybridized carbons (Fsp3) is 0.727. The van der Waals surface area contributed by atoms with Crippen LogP contribution in [0.5, 0.6) is 0 Å². The van der Waals surface area contributed by atoms with Crippen LogP contribution in [0.4, 0.5) is 0 Å². The molecule has 0 unspecified atom stereocenters. The van der Waals surface area contributed by atoms with Gasteiger partial charge in [-0.05, 0) is 86.2 Å². The molecular weight excluding hydrogens is 328 g/mol. The van der Waals surface area contributed by atoms with Gasteiger partial charge in [0.1, 0.15) is 0 Å². The SMILES string of the molecule is C[C@]12CC[C@H]3[C@@H](CCC4=CC(=O)CC[C@@H]43)[C@@H]1[C@H]1C[C@H]1[C@@]2(O)/C=C\C(=O)O. The average Bonchev–Trinajstić information content (AvgIpc) is 3.36. The van der Waals surface area contributed by atoms with Gasteiger partial charge in [-0.15, -0.1) is 0 Å². The van der Waals surface area contributed by atoms with Gasteiger partial charge in [0.05, 0.1) is 5.60 Å². The van der Waals surface area contributed by atoms with Gasteiger partial charge in [-0.3, -0.25) is 4.79 Å². The van der Waals surface area contributed by atoms with Gasteiger partial charge >= 0.3 is 5.97 Å². The van der Waals surface area contributed by atoms with Crippen molar-refractivity contribution in [2.45, 2.75) is 57.5 Å². The highest BCUT2D eigenvalue weighted by atomic mass is 16.4. The molecule has 0 aromatic heterocycles. The van der Waals surface area contributed by atoms with Gasteiger partial charge in [0.15, 0.2) is 5.78 Å². The van der Waals surface area contributed by atoms with E-state index in [9.17, 15) is 14.7 Å². The summed E-state index contributed by atoms with van der Waals surface area (Å²) in [5.74, 6) is 2.43. The molecule has 0 radical (unpaired) electrons. The van der Waals surface area contributed by atoms with Crippen molar-refractivity contribution in [2.24, 2.45) is 40.9 Å². The van der Waals surface area contributed by atoms with Crippen molar-refractivity contribution in [2.75, 3.05) is 0 Å². The lowest BCUT2D eigenvalue weighted by atomic mass is 9.49. The van der Waals surface area contributed by atoms with Crippen LogP contribution in [0.2, 0.25) is 0 Å². The van der Waals surface area contributed by atoms with E-state index >= 15 is 0 Å². The van der Waals surface area contributed by atoms with Gasteiger partial charge in [-0.25, -0.2) is 4.79 Å². The second-order valence-electron chi connectivity index (χ2n) is 9.68. The van der Waals surface area contributed by atoms with Crippen LogP contribution in [-0.2, 0) is 9.59 Å². The molecule has 4 fully saturated rings. The zero-order valence-electron chi connectivity index (χ0n) is 15.4. The van der Waals surface area contributed by atoms with E-state index in [1.54, 1.807) is 6.08 Å². The molecule has 5 aliphatic rings. The van der Waals surface area contributed by atoms with Gasteiger partial charge in [-0.2, -0.15) is 0 Å². The van der Waals surface area contributed by atoms with Crippen molar-refractivity contribution in [1.29, 1.82) is 0 Å². The van der Waals surface area contributed by atoms with Crippen LogP contribution in [-0.4, -0.2) is 27.6 Å². The Morgan fingerprint density at radius 3 is 2.77 bits per heavy atom. The Morgan fingerprint density at radius 2 is 2.00 bits per heavy atom. The molecular formula is C22H28O4. The number of carboxylic acid groups (broad SMARTS) is 1. The van der Waals surface area contributed by atoms with Crippen molar-refractivity contribution >= 4 is 11.8 Å². The third-order valence-corrected chi connectivity index (χ3v) is 8.81. The maximum Gasteiger partial charge on any atom is 0.328 e. The molecule has 0 aliphatic heterocycles. The van der Waals surface area contributed by atoms with Gasteiger partial charge in [0.25, 0.3) is 0 Å². The lowest BCUT2D eigenvalue weighted by Crippen LogP contribution is -2.54. The number of carbonyl (C=O) groups is 2. The van der Waals surface area contributed by atoms with Crippen LogP contribution >= 0.6 is 0 Å². The van der Waals surface area contributed by atoms with Crippen molar-refractivity contribution in [3.05, 3.63) is 23.8 Å². The summed E-state index contributed by atoms with van der Waals surface area (Å²) in [6, 6.07) is 0. The fourth-order valence-electron chi connectivity index (χ4n) is 7.74. The third-order valence-electron chi connectivity index (χ3n) is 8.81. The lowest BCUT2D eigenvalue weighted by molar-refractivity contribution is -0.132. The molecule has 0 aromatic carbocycles. The number of rotatable bonds is 2. The van der Waals surface area contributed by atoms with Crippen molar-refractivity contribution in [3.63, 3.8) is 0 Å². The number of fused-ring (bicyclic) bond motifs is 7. The standard InChI is InChI=1S/C22H28O4/c1-21-8-6-15-14-5-3-13(23)10-12(14)2-4-16(15)20(21)17-11-18(17)22(21,26)9-7-19(24)25/h7,9-10,14-18,20,26H,2-6,8,11H2,1H3,(H,24,25)/b9-7-/t14-,15+,16+,17-,18+,20+,21-,22-/m0/s1. The van der Waals surface area contributed by atoms with Crippen molar-refractivity contribution in [3.8, 4) is 0 Å². The summed E-state index contributed by atoms with van der Waals surface area (Å²) in [5.41, 5.74) is 0.210. The zero-order chi connectivity index (χ0) is 18.3. The molecule has 0 saturated heterocycles. The van der Waals surface area contributed by atoms with Crippen LogP contribution in [0.1, 0.15) is 51.9 Å². The zero-order valence-corrected chi connectivity index (χ0v) is 15.4. The monoisotopic (exact) mass is 356 g/mol. The van der Waals surface area contributed by atoms with E-state index < -0.39 is 11.6 Å². The first-order chi connectivity index (χ1) is 12.3. The molecule has 0 heterocycles. The first-order valence-electron chi connectivity index (χ1n) is 10.2. The Kier molecular flexibility index (Phi) is 3.42. The van der Waals surface area contributed by atoms with Gasteiger partial charge in [-0.1, -0.05) is 12.5 Å². The summed E-state index contributed by atoms with van der Waals surface area (Å²) in [6.07, 6.45) is 11.6. The average molecular weight is 356 g/mol. The van der Waals surface area contributed by atoms with Gasteiger partial charge < -0.3 is 10.2 Å². The molecule has 5 aliphatic carbocycles. The first-order valence-corrected chi connectivity index (χ1v) is 10.2. The molecule has 4 nitrogen and oxygen atoms in total. The Labute approximate surface area is 154 Å². The Balaban J connectivity index is 1.48. The highest BCUT2D eigenvalue weighted by Gasteiger charge is 2.74. The van der Waals surface area contributed by atoms with Crippen molar-refractivity contribution < 1.29 is 19.8 Å². The minimum atomic E-state index is -0.976. The van der Waals surface area contributed by atoms with E-state index in [2.05, 4.69) is 6.92 Å². The molecule has 0 amide bonds. The number of carboxylic acids is 1. The van der Waals surface area contributed by atoms with Crippen LogP contribution in [0.15, 0.2) is 23.8 Å². The van der Waals surface area contributed by atoms with Crippen LogP contribution < -0.4 is 0 Å². The normalized spacial score (nSPS) is 51.9. The maximum absolute atomic E-state index is 11.8. The summed E-state index contributed by atoms with van der Waals surface area (Å²) in [4.78, 5) is 22.9. The number of carbonyl (C=O) groups excluding carboxylic acids is 1. The van der Waals surface area contributed by atoms with Gasteiger partial charge in [0, 0.05) is 17.9 Å². The predicted octanol–water partition coefficient (Wildman–Crippen LogP) is 3.36. The predicted molar refractivity (Wildman–Crippen MR) is 96.2 cm³/mol. The molecule has 26 heavy (non-hydrogen) atoms. The van der Waals surface area contributed by atoms with Crippen LogP contribution in [0.25, 0.3) is 0 Å². The van der Waals surface area contributed by atoms with E-state index in [1.807, 2.05) is 6.08 Å². The number of aliphatic hydroxyl groups is 1. The van der Waals surface area contributed by atoms with Crippen LogP contribution in [0.3, 0.4) is 0 Å². The number of allylic oxidation sites excluding steroid dienone is 1. The molecule has 4 heteroatoms. The third kappa shape index (κ3) is 2.05. The summed E-state index contributed by atoms with van der Waals surface area (Å²) >= 11 is 0. The summed E-state index contributed by atoms with van der Waals surface area (Å²) in [5, 5.41) is 20.6. The van der Waals surface area contributed by atoms with Gasteiger partial charge in [0.2, 0.25) is 0 Å². The maximum atomic E-state index is 11.8. The summed E-state index contributed by atoms with van der Waals surface area (Å²) < 4.78 is 0.